The van der Waals surface area contributed by atoms with Crippen LogP contribution in [0.3, 0.4) is 0 Å². The van der Waals surface area contributed by atoms with Gasteiger partial charge in [-0.25, -0.2) is 0 Å². The van der Waals surface area contributed by atoms with Crippen LogP contribution in [0.5, 0.6) is 0 Å². The zero-order valence-electron chi connectivity index (χ0n) is 14.3. The molecule has 1 aromatic heterocycles. The molecular weight excluding hydrogens is 302 g/mol. The molecule has 0 saturated heterocycles. The van der Waals surface area contributed by atoms with Crippen molar-refractivity contribution in [3.63, 3.8) is 0 Å². The average molecular weight is 325 g/mol. The van der Waals surface area contributed by atoms with E-state index >= 15 is 0 Å². The van der Waals surface area contributed by atoms with Gasteiger partial charge in [0.15, 0.2) is 0 Å². The van der Waals surface area contributed by atoms with E-state index in [1.807, 2.05) is 32.9 Å². The number of nitrogens with zero attached hydrogens (tertiary/aromatic N) is 1. The lowest BCUT2D eigenvalue weighted by Gasteiger charge is -2.12. The van der Waals surface area contributed by atoms with Crippen molar-refractivity contribution < 1.29 is 9.59 Å². The van der Waals surface area contributed by atoms with E-state index in [2.05, 4.69) is 15.6 Å². The monoisotopic (exact) mass is 325 g/mol. The molecule has 0 unspecified atom stereocenters. The predicted molar refractivity (Wildman–Crippen MR) is 93.8 cm³/mol. The first kappa shape index (κ1) is 17.7. The van der Waals surface area contributed by atoms with E-state index in [1.165, 1.54) is 0 Å². The molecule has 1 aromatic carbocycles. The Morgan fingerprint density at radius 2 is 1.92 bits per heavy atom. The van der Waals surface area contributed by atoms with Crippen LogP contribution in [-0.4, -0.2) is 22.8 Å². The van der Waals surface area contributed by atoms with Gasteiger partial charge in [0.25, 0.3) is 11.8 Å². The van der Waals surface area contributed by atoms with Gasteiger partial charge in [-0.2, -0.15) is 0 Å². The molecule has 0 aliphatic rings. The average Bonchev–Trinajstić information content (AvgIpc) is 2.60. The van der Waals surface area contributed by atoms with Crippen molar-refractivity contribution in [2.45, 2.75) is 39.8 Å². The zero-order chi connectivity index (χ0) is 17.5. The Balaban J connectivity index is 1.98. The molecule has 1 heterocycles. The Labute approximate surface area is 142 Å². The Morgan fingerprint density at radius 3 is 2.58 bits per heavy atom. The standard InChI is InChI=1S/C19H23N3O2/c1-4-13(2)22-19(24)16-7-5-6-15(10-16)11-21-18(23)17-9-8-14(3)20-12-17/h5-10,12-13H,4,11H2,1-3H3,(H,21,23)(H,22,24)/t13-/m0/s1. The number of pyridine rings is 1. The van der Waals surface area contributed by atoms with Crippen molar-refractivity contribution in [3.05, 3.63) is 65.0 Å². The second-order valence-corrected chi connectivity index (χ2v) is 5.85. The van der Waals surface area contributed by atoms with Crippen LogP contribution in [0.25, 0.3) is 0 Å². The first-order chi connectivity index (χ1) is 11.5. The summed E-state index contributed by atoms with van der Waals surface area (Å²) in [5.74, 6) is -0.280. The number of benzene rings is 1. The third kappa shape index (κ3) is 4.91. The number of amides is 2. The van der Waals surface area contributed by atoms with E-state index in [9.17, 15) is 9.59 Å². The lowest BCUT2D eigenvalue weighted by molar-refractivity contribution is 0.0936. The van der Waals surface area contributed by atoms with Gasteiger partial charge in [0, 0.05) is 30.0 Å². The highest BCUT2D eigenvalue weighted by Crippen LogP contribution is 2.07. The lowest BCUT2D eigenvalue weighted by Crippen LogP contribution is -2.32. The number of aromatic nitrogens is 1. The molecular formula is C19H23N3O2. The normalized spacial score (nSPS) is 11.6. The van der Waals surface area contributed by atoms with Gasteiger partial charge in [-0.05, 0) is 50.1 Å². The number of aryl methyl sites for hydroxylation is 1. The molecule has 0 spiro atoms. The number of carbonyl (C=O) groups is 2. The molecule has 0 fully saturated rings. The van der Waals surface area contributed by atoms with Gasteiger partial charge in [0.1, 0.15) is 0 Å². The molecule has 0 bridgehead atoms. The first-order valence-corrected chi connectivity index (χ1v) is 8.10. The van der Waals surface area contributed by atoms with Gasteiger partial charge in [0.2, 0.25) is 0 Å². The zero-order valence-corrected chi connectivity index (χ0v) is 14.3. The van der Waals surface area contributed by atoms with Crippen molar-refractivity contribution in [2.24, 2.45) is 0 Å². The van der Waals surface area contributed by atoms with Crippen LogP contribution < -0.4 is 10.6 Å². The summed E-state index contributed by atoms with van der Waals surface area (Å²) in [7, 11) is 0. The van der Waals surface area contributed by atoms with Crippen LogP contribution in [0, 0.1) is 6.92 Å². The van der Waals surface area contributed by atoms with Crippen molar-refractivity contribution in [2.75, 3.05) is 0 Å². The predicted octanol–water partition coefficient (Wildman–Crippen LogP) is 2.85. The van der Waals surface area contributed by atoms with Crippen LogP contribution >= 0.6 is 0 Å². The number of carbonyl (C=O) groups excluding carboxylic acids is 2. The van der Waals surface area contributed by atoms with E-state index in [4.69, 9.17) is 0 Å². The van der Waals surface area contributed by atoms with Crippen LogP contribution in [0.2, 0.25) is 0 Å². The molecule has 0 radical (unpaired) electrons. The van der Waals surface area contributed by atoms with Crippen LogP contribution in [0.4, 0.5) is 0 Å². The SMILES string of the molecule is CC[C@H](C)NC(=O)c1cccc(CNC(=O)c2ccc(C)nc2)c1. The third-order valence-corrected chi connectivity index (χ3v) is 3.81. The third-order valence-electron chi connectivity index (χ3n) is 3.81. The molecule has 1 atom stereocenters. The molecule has 24 heavy (non-hydrogen) atoms. The minimum atomic E-state index is -0.183. The molecule has 2 N–H and O–H groups in total. The number of hydrogen-bond donors (Lipinski definition) is 2. The van der Waals surface area contributed by atoms with E-state index in [-0.39, 0.29) is 17.9 Å². The van der Waals surface area contributed by atoms with Crippen molar-refractivity contribution in [1.29, 1.82) is 0 Å². The van der Waals surface area contributed by atoms with Crippen molar-refractivity contribution in [1.82, 2.24) is 15.6 Å². The second kappa shape index (κ2) is 8.24. The highest BCUT2D eigenvalue weighted by Gasteiger charge is 2.10. The number of hydrogen-bond acceptors (Lipinski definition) is 3. The van der Waals surface area contributed by atoms with Gasteiger partial charge in [0.05, 0.1) is 5.56 Å². The molecule has 0 aliphatic heterocycles. The molecule has 5 nitrogen and oxygen atoms in total. The summed E-state index contributed by atoms with van der Waals surface area (Å²) in [6, 6.07) is 10.9. The lowest BCUT2D eigenvalue weighted by atomic mass is 10.1. The molecule has 126 valence electrons. The topological polar surface area (TPSA) is 71.1 Å². The maximum atomic E-state index is 12.2. The summed E-state index contributed by atoms with van der Waals surface area (Å²) in [6.07, 6.45) is 2.44. The summed E-state index contributed by atoms with van der Waals surface area (Å²) in [5, 5.41) is 5.78. The Bertz CT molecular complexity index is 711. The summed E-state index contributed by atoms with van der Waals surface area (Å²) in [6.45, 7) is 6.23. The van der Waals surface area contributed by atoms with Gasteiger partial charge in [-0.3, -0.25) is 14.6 Å². The fourth-order valence-corrected chi connectivity index (χ4v) is 2.12. The maximum absolute atomic E-state index is 12.2. The number of rotatable bonds is 6. The van der Waals surface area contributed by atoms with E-state index in [0.29, 0.717) is 17.7 Å². The molecule has 2 amide bonds. The highest BCUT2D eigenvalue weighted by molar-refractivity contribution is 5.95. The fourth-order valence-electron chi connectivity index (χ4n) is 2.12. The van der Waals surface area contributed by atoms with Crippen LogP contribution in [-0.2, 0) is 6.54 Å². The van der Waals surface area contributed by atoms with Gasteiger partial charge in [-0.1, -0.05) is 19.1 Å². The minimum Gasteiger partial charge on any atom is -0.350 e. The maximum Gasteiger partial charge on any atom is 0.253 e. The molecule has 5 heteroatoms. The summed E-state index contributed by atoms with van der Waals surface area (Å²) < 4.78 is 0. The Morgan fingerprint density at radius 1 is 1.12 bits per heavy atom. The number of nitrogens with one attached hydrogen (secondary N) is 2. The minimum absolute atomic E-state index is 0.0970. The Kier molecular flexibility index (Phi) is 6.07. The largest absolute Gasteiger partial charge is 0.350 e. The highest BCUT2D eigenvalue weighted by atomic mass is 16.2. The van der Waals surface area contributed by atoms with Gasteiger partial charge < -0.3 is 10.6 Å². The van der Waals surface area contributed by atoms with E-state index < -0.39 is 0 Å². The van der Waals surface area contributed by atoms with Gasteiger partial charge >= 0.3 is 0 Å². The van der Waals surface area contributed by atoms with E-state index in [1.54, 1.807) is 30.5 Å². The fraction of sp³-hybridized carbons (Fsp3) is 0.316. The quantitative estimate of drug-likeness (QED) is 0.858. The summed E-state index contributed by atoms with van der Waals surface area (Å²) >= 11 is 0. The van der Waals surface area contributed by atoms with E-state index in [0.717, 1.165) is 17.7 Å². The molecule has 0 aliphatic carbocycles. The van der Waals surface area contributed by atoms with Crippen molar-refractivity contribution >= 4 is 11.8 Å². The summed E-state index contributed by atoms with van der Waals surface area (Å²) in [4.78, 5) is 28.4. The first-order valence-electron chi connectivity index (χ1n) is 8.10. The Hall–Kier alpha value is -2.69. The van der Waals surface area contributed by atoms with Crippen LogP contribution in [0.15, 0.2) is 42.6 Å². The smallest absolute Gasteiger partial charge is 0.253 e. The van der Waals surface area contributed by atoms with Gasteiger partial charge in [-0.15, -0.1) is 0 Å². The summed E-state index contributed by atoms with van der Waals surface area (Å²) in [5.41, 5.74) is 2.86. The second-order valence-electron chi connectivity index (χ2n) is 5.85. The molecule has 2 rings (SSSR count). The molecule has 0 saturated carbocycles. The van der Waals surface area contributed by atoms with Crippen molar-refractivity contribution in [3.8, 4) is 0 Å². The van der Waals surface area contributed by atoms with Crippen LogP contribution in [0.1, 0.15) is 52.2 Å². The molecule has 2 aromatic rings.